The summed E-state index contributed by atoms with van der Waals surface area (Å²) in [4.78, 5) is 0. The van der Waals surface area contributed by atoms with Crippen LogP contribution in [0.25, 0.3) is 0 Å². The highest BCUT2D eigenvalue weighted by Crippen LogP contribution is 2.35. The zero-order valence-electron chi connectivity index (χ0n) is 11.6. The molecule has 1 aliphatic heterocycles. The monoisotopic (exact) mass is 281 g/mol. The van der Waals surface area contributed by atoms with Gasteiger partial charge in [-0.3, -0.25) is 0 Å². The fourth-order valence-corrected chi connectivity index (χ4v) is 2.95. The minimum Gasteiger partial charge on any atom is -0.381 e. The molecule has 0 radical (unpaired) electrons. The number of hydrogen-bond acceptors (Lipinski definition) is 2. The standard InChI is InChI=1S/C16H21F2NO/c17-13-1-4-15(18)12(9-13)10-16(5-7-20-8-6-16)11-19-14-2-3-14/h1,4,9,14,19H,2-3,5-8,10-11H2. The summed E-state index contributed by atoms with van der Waals surface area (Å²) in [6.45, 7) is 2.30. The molecule has 1 N–H and O–H groups in total. The molecule has 1 saturated heterocycles. The van der Waals surface area contributed by atoms with E-state index in [1.807, 2.05) is 0 Å². The van der Waals surface area contributed by atoms with E-state index in [1.165, 1.54) is 31.0 Å². The van der Waals surface area contributed by atoms with Crippen molar-refractivity contribution < 1.29 is 13.5 Å². The van der Waals surface area contributed by atoms with Gasteiger partial charge in [-0.15, -0.1) is 0 Å². The van der Waals surface area contributed by atoms with E-state index in [2.05, 4.69) is 5.32 Å². The van der Waals surface area contributed by atoms with Crippen LogP contribution < -0.4 is 5.32 Å². The molecule has 0 amide bonds. The number of halogens is 2. The molecule has 2 fully saturated rings. The zero-order chi connectivity index (χ0) is 14.0. The van der Waals surface area contributed by atoms with Crippen LogP contribution in [0.2, 0.25) is 0 Å². The van der Waals surface area contributed by atoms with Gasteiger partial charge in [-0.05, 0) is 61.3 Å². The van der Waals surface area contributed by atoms with E-state index in [-0.39, 0.29) is 17.0 Å². The maximum absolute atomic E-state index is 13.9. The van der Waals surface area contributed by atoms with Crippen molar-refractivity contribution in [3.63, 3.8) is 0 Å². The average molecular weight is 281 g/mol. The molecule has 1 aliphatic carbocycles. The van der Waals surface area contributed by atoms with Crippen LogP contribution in [0.4, 0.5) is 8.78 Å². The van der Waals surface area contributed by atoms with Crippen LogP contribution in [-0.2, 0) is 11.2 Å². The average Bonchev–Trinajstić information content (AvgIpc) is 3.26. The third-order valence-corrected chi connectivity index (χ3v) is 4.47. The van der Waals surface area contributed by atoms with Gasteiger partial charge in [-0.25, -0.2) is 8.78 Å². The minimum absolute atomic E-state index is 0.00449. The molecule has 2 nitrogen and oxygen atoms in total. The second-order valence-corrected chi connectivity index (χ2v) is 6.18. The fourth-order valence-electron chi connectivity index (χ4n) is 2.95. The van der Waals surface area contributed by atoms with Crippen LogP contribution >= 0.6 is 0 Å². The number of benzene rings is 1. The molecule has 1 aromatic carbocycles. The lowest BCUT2D eigenvalue weighted by atomic mass is 9.75. The van der Waals surface area contributed by atoms with Crippen molar-refractivity contribution in [2.45, 2.75) is 38.1 Å². The lowest BCUT2D eigenvalue weighted by molar-refractivity contribution is 0.0143. The highest BCUT2D eigenvalue weighted by Gasteiger charge is 2.35. The molecule has 20 heavy (non-hydrogen) atoms. The van der Waals surface area contributed by atoms with Crippen LogP contribution in [0.3, 0.4) is 0 Å². The van der Waals surface area contributed by atoms with Crippen molar-refractivity contribution >= 4 is 0 Å². The van der Waals surface area contributed by atoms with Gasteiger partial charge in [0.1, 0.15) is 11.6 Å². The lowest BCUT2D eigenvalue weighted by Crippen LogP contribution is -2.41. The van der Waals surface area contributed by atoms with Gasteiger partial charge in [0.2, 0.25) is 0 Å². The first-order valence-corrected chi connectivity index (χ1v) is 7.42. The summed E-state index contributed by atoms with van der Waals surface area (Å²) in [6, 6.07) is 4.38. The molecule has 1 aromatic rings. The van der Waals surface area contributed by atoms with E-state index in [0.29, 0.717) is 31.2 Å². The molecule has 0 bridgehead atoms. The number of ether oxygens (including phenoxy) is 1. The van der Waals surface area contributed by atoms with E-state index in [9.17, 15) is 8.78 Å². The van der Waals surface area contributed by atoms with Crippen molar-refractivity contribution in [1.29, 1.82) is 0 Å². The van der Waals surface area contributed by atoms with Crippen molar-refractivity contribution in [2.75, 3.05) is 19.8 Å². The van der Waals surface area contributed by atoms with Crippen molar-refractivity contribution in [2.24, 2.45) is 5.41 Å². The van der Waals surface area contributed by atoms with Crippen LogP contribution in [0.1, 0.15) is 31.2 Å². The first-order chi connectivity index (χ1) is 9.67. The van der Waals surface area contributed by atoms with Crippen molar-refractivity contribution in [3.05, 3.63) is 35.4 Å². The minimum atomic E-state index is -0.362. The molecule has 3 rings (SSSR count). The van der Waals surface area contributed by atoms with Crippen LogP contribution in [-0.4, -0.2) is 25.8 Å². The third kappa shape index (κ3) is 3.36. The SMILES string of the molecule is Fc1ccc(F)c(CC2(CNC3CC3)CCOCC2)c1. The molecule has 1 heterocycles. The predicted molar refractivity (Wildman–Crippen MR) is 73.6 cm³/mol. The summed E-state index contributed by atoms with van der Waals surface area (Å²) in [5.74, 6) is -0.664. The maximum atomic E-state index is 13.9. The first kappa shape index (κ1) is 14.0. The van der Waals surface area contributed by atoms with E-state index in [4.69, 9.17) is 4.74 Å². The van der Waals surface area contributed by atoms with E-state index in [0.717, 1.165) is 19.4 Å². The fraction of sp³-hybridized carbons (Fsp3) is 0.625. The summed E-state index contributed by atoms with van der Waals surface area (Å²) in [5, 5.41) is 3.55. The predicted octanol–water partition coefficient (Wildman–Crippen LogP) is 3.06. The Bertz CT molecular complexity index is 468. The summed E-state index contributed by atoms with van der Waals surface area (Å²) >= 11 is 0. The second kappa shape index (κ2) is 5.78. The molecule has 1 saturated carbocycles. The smallest absolute Gasteiger partial charge is 0.126 e. The Morgan fingerprint density at radius 2 is 1.95 bits per heavy atom. The van der Waals surface area contributed by atoms with E-state index < -0.39 is 0 Å². The molecule has 110 valence electrons. The quantitative estimate of drug-likeness (QED) is 0.895. The Hall–Kier alpha value is -1.00. The largest absolute Gasteiger partial charge is 0.381 e. The van der Waals surface area contributed by atoms with Gasteiger partial charge in [0.25, 0.3) is 0 Å². The van der Waals surface area contributed by atoms with Crippen LogP contribution in [0.15, 0.2) is 18.2 Å². The van der Waals surface area contributed by atoms with Gasteiger partial charge in [0.05, 0.1) is 0 Å². The molecule has 0 spiro atoms. The van der Waals surface area contributed by atoms with Gasteiger partial charge < -0.3 is 10.1 Å². The number of rotatable bonds is 5. The molecule has 4 heteroatoms. The molecule has 0 unspecified atom stereocenters. The van der Waals surface area contributed by atoms with E-state index >= 15 is 0 Å². The van der Waals surface area contributed by atoms with Crippen molar-refractivity contribution in [1.82, 2.24) is 5.32 Å². The van der Waals surface area contributed by atoms with Crippen LogP contribution in [0, 0.1) is 17.0 Å². The van der Waals surface area contributed by atoms with Gasteiger partial charge >= 0.3 is 0 Å². The number of nitrogens with one attached hydrogen (secondary N) is 1. The zero-order valence-corrected chi connectivity index (χ0v) is 11.6. The molecule has 0 aromatic heterocycles. The highest BCUT2D eigenvalue weighted by atomic mass is 19.1. The maximum Gasteiger partial charge on any atom is 0.126 e. The van der Waals surface area contributed by atoms with Crippen LogP contribution in [0.5, 0.6) is 0 Å². The molecular formula is C16H21F2NO. The Morgan fingerprint density at radius 3 is 2.65 bits per heavy atom. The summed E-state index contributed by atoms with van der Waals surface area (Å²) in [6.07, 6.45) is 4.87. The Morgan fingerprint density at radius 1 is 1.20 bits per heavy atom. The first-order valence-electron chi connectivity index (χ1n) is 7.42. The topological polar surface area (TPSA) is 21.3 Å². The molecule has 0 atom stereocenters. The van der Waals surface area contributed by atoms with Gasteiger partial charge in [0, 0.05) is 25.8 Å². The Kier molecular flexibility index (Phi) is 4.03. The lowest BCUT2D eigenvalue weighted by Gasteiger charge is -2.38. The highest BCUT2D eigenvalue weighted by molar-refractivity contribution is 5.20. The third-order valence-electron chi connectivity index (χ3n) is 4.47. The Balaban J connectivity index is 1.75. The summed E-state index contributed by atoms with van der Waals surface area (Å²) < 4.78 is 32.7. The number of hydrogen-bond donors (Lipinski definition) is 1. The van der Waals surface area contributed by atoms with E-state index in [1.54, 1.807) is 0 Å². The molecule has 2 aliphatic rings. The Labute approximate surface area is 118 Å². The van der Waals surface area contributed by atoms with Crippen molar-refractivity contribution in [3.8, 4) is 0 Å². The summed E-state index contributed by atoms with van der Waals surface area (Å²) in [5.41, 5.74) is 0.486. The van der Waals surface area contributed by atoms with Gasteiger partial charge in [0.15, 0.2) is 0 Å². The van der Waals surface area contributed by atoms with Gasteiger partial charge in [-0.1, -0.05) is 0 Å². The normalized spacial score (nSPS) is 21.9. The second-order valence-electron chi connectivity index (χ2n) is 6.18. The molecular weight excluding hydrogens is 260 g/mol. The summed E-state index contributed by atoms with van der Waals surface area (Å²) in [7, 11) is 0. The van der Waals surface area contributed by atoms with Gasteiger partial charge in [-0.2, -0.15) is 0 Å².